The van der Waals surface area contributed by atoms with Crippen LogP contribution in [0.1, 0.15) is 50.5 Å². The second-order valence-corrected chi connectivity index (χ2v) is 9.09. The van der Waals surface area contributed by atoms with E-state index in [0.29, 0.717) is 35.8 Å². The van der Waals surface area contributed by atoms with E-state index in [-0.39, 0.29) is 4.90 Å². The fraction of sp³-hybridized carbons (Fsp3) is 0.600. The van der Waals surface area contributed by atoms with Gasteiger partial charge < -0.3 is 9.42 Å². The molecule has 0 amide bonds. The molecule has 0 unspecified atom stereocenters. The quantitative estimate of drug-likeness (QED) is 0.678. The lowest BCUT2D eigenvalue weighted by atomic mass is 10.1. The van der Waals surface area contributed by atoms with Gasteiger partial charge in [0.05, 0.1) is 4.90 Å². The van der Waals surface area contributed by atoms with Crippen molar-refractivity contribution in [3.05, 3.63) is 29.7 Å². The fourth-order valence-electron chi connectivity index (χ4n) is 3.49. The van der Waals surface area contributed by atoms with E-state index < -0.39 is 10.0 Å². The predicted molar refractivity (Wildman–Crippen MR) is 109 cm³/mol. The normalized spacial score (nSPS) is 16.2. The van der Waals surface area contributed by atoms with Crippen molar-refractivity contribution >= 4 is 10.0 Å². The van der Waals surface area contributed by atoms with E-state index in [0.717, 1.165) is 26.1 Å². The van der Waals surface area contributed by atoms with Crippen LogP contribution in [0.4, 0.5) is 0 Å². The summed E-state index contributed by atoms with van der Waals surface area (Å²) < 4.78 is 33.5. The zero-order valence-electron chi connectivity index (χ0n) is 16.8. The molecule has 1 aromatic carbocycles. The average molecular weight is 407 g/mol. The maximum atomic E-state index is 12.8. The van der Waals surface area contributed by atoms with Gasteiger partial charge in [0.2, 0.25) is 21.7 Å². The van der Waals surface area contributed by atoms with E-state index in [1.165, 1.54) is 25.7 Å². The van der Waals surface area contributed by atoms with Gasteiger partial charge in [-0.25, -0.2) is 13.1 Å². The van der Waals surface area contributed by atoms with E-state index >= 15 is 0 Å². The molecule has 0 atom stereocenters. The van der Waals surface area contributed by atoms with Crippen molar-refractivity contribution in [1.82, 2.24) is 19.8 Å². The SMILES string of the molecule is CCc1nc(-c2ccc(C)c(S(=O)(=O)NCCCN3CCCCCC3)c2)no1. The summed E-state index contributed by atoms with van der Waals surface area (Å²) >= 11 is 0. The summed E-state index contributed by atoms with van der Waals surface area (Å²) in [5.41, 5.74) is 1.34. The Morgan fingerprint density at radius 3 is 2.61 bits per heavy atom. The monoisotopic (exact) mass is 406 g/mol. The van der Waals surface area contributed by atoms with Crippen LogP contribution in [0, 0.1) is 6.92 Å². The third-order valence-electron chi connectivity index (χ3n) is 5.15. The van der Waals surface area contributed by atoms with E-state index in [4.69, 9.17) is 4.52 Å². The van der Waals surface area contributed by atoms with Gasteiger partial charge in [-0.05, 0) is 57.5 Å². The van der Waals surface area contributed by atoms with Crippen molar-refractivity contribution < 1.29 is 12.9 Å². The van der Waals surface area contributed by atoms with Crippen LogP contribution in [0.2, 0.25) is 0 Å². The summed E-state index contributed by atoms with van der Waals surface area (Å²) in [5, 5.41) is 3.94. The Morgan fingerprint density at radius 1 is 1.18 bits per heavy atom. The van der Waals surface area contributed by atoms with Gasteiger partial charge in [0.25, 0.3) is 0 Å². The van der Waals surface area contributed by atoms with Crippen molar-refractivity contribution in [2.45, 2.75) is 57.3 Å². The van der Waals surface area contributed by atoms with E-state index in [1.807, 2.05) is 13.0 Å². The second kappa shape index (κ2) is 9.62. The van der Waals surface area contributed by atoms with Crippen molar-refractivity contribution in [3.63, 3.8) is 0 Å². The van der Waals surface area contributed by atoms with Crippen LogP contribution in [0.3, 0.4) is 0 Å². The molecule has 0 radical (unpaired) electrons. The predicted octanol–water partition coefficient (Wildman–Crippen LogP) is 3.15. The van der Waals surface area contributed by atoms with Gasteiger partial charge >= 0.3 is 0 Å². The lowest BCUT2D eigenvalue weighted by molar-refractivity contribution is 0.282. The number of likely N-dealkylation sites (tertiary alicyclic amines) is 1. The molecule has 1 saturated heterocycles. The first-order chi connectivity index (χ1) is 13.5. The van der Waals surface area contributed by atoms with Crippen LogP contribution in [-0.2, 0) is 16.4 Å². The summed E-state index contributed by atoms with van der Waals surface area (Å²) in [7, 11) is -3.59. The summed E-state index contributed by atoms with van der Waals surface area (Å²) in [6.45, 7) is 7.34. The Kier molecular flexibility index (Phi) is 7.20. The molecule has 1 aliphatic heterocycles. The highest BCUT2D eigenvalue weighted by atomic mass is 32.2. The molecule has 2 aromatic rings. The molecule has 0 saturated carbocycles. The molecule has 28 heavy (non-hydrogen) atoms. The minimum atomic E-state index is -3.59. The minimum absolute atomic E-state index is 0.266. The van der Waals surface area contributed by atoms with Gasteiger partial charge in [0, 0.05) is 18.5 Å². The third kappa shape index (κ3) is 5.40. The maximum Gasteiger partial charge on any atom is 0.240 e. The Bertz CT molecular complexity index is 871. The number of hydrogen-bond donors (Lipinski definition) is 1. The fourth-order valence-corrected chi connectivity index (χ4v) is 4.83. The zero-order chi connectivity index (χ0) is 20.0. The molecular weight excluding hydrogens is 376 g/mol. The van der Waals surface area contributed by atoms with Crippen LogP contribution < -0.4 is 4.72 Å². The second-order valence-electron chi connectivity index (χ2n) is 7.35. The minimum Gasteiger partial charge on any atom is -0.339 e. The zero-order valence-corrected chi connectivity index (χ0v) is 17.6. The number of rotatable bonds is 8. The molecule has 0 bridgehead atoms. The number of aryl methyl sites for hydroxylation is 2. The standard InChI is InChI=1S/C20H30N4O3S/c1-3-19-22-20(23-27-19)17-10-9-16(2)18(15-17)28(25,26)21-11-8-14-24-12-6-4-5-7-13-24/h9-10,15,21H,3-8,11-14H2,1-2H3. The molecule has 154 valence electrons. The number of hydrogen-bond acceptors (Lipinski definition) is 6. The molecule has 3 rings (SSSR count). The van der Waals surface area contributed by atoms with Crippen molar-refractivity contribution in [2.75, 3.05) is 26.2 Å². The molecular formula is C20H30N4O3S. The van der Waals surface area contributed by atoms with Gasteiger partial charge in [-0.1, -0.05) is 37.1 Å². The molecule has 7 nitrogen and oxygen atoms in total. The third-order valence-corrected chi connectivity index (χ3v) is 6.75. The van der Waals surface area contributed by atoms with Gasteiger partial charge in [-0.15, -0.1) is 0 Å². The molecule has 0 aliphatic carbocycles. The van der Waals surface area contributed by atoms with E-state index in [9.17, 15) is 8.42 Å². The van der Waals surface area contributed by atoms with Crippen molar-refractivity contribution in [3.8, 4) is 11.4 Å². The van der Waals surface area contributed by atoms with Crippen LogP contribution in [0.5, 0.6) is 0 Å². The van der Waals surface area contributed by atoms with E-state index in [1.54, 1.807) is 19.1 Å². The van der Waals surface area contributed by atoms with Crippen molar-refractivity contribution in [1.29, 1.82) is 0 Å². The highest BCUT2D eigenvalue weighted by molar-refractivity contribution is 7.89. The molecule has 1 aliphatic rings. The molecule has 1 N–H and O–H groups in total. The molecule has 2 heterocycles. The van der Waals surface area contributed by atoms with Crippen LogP contribution in [-0.4, -0.2) is 49.6 Å². The molecule has 8 heteroatoms. The number of sulfonamides is 1. The summed E-state index contributed by atoms with van der Waals surface area (Å²) in [5.74, 6) is 0.945. The highest BCUT2D eigenvalue weighted by Gasteiger charge is 2.19. The number of aromatic nitrogens is 2. The smallest absolute Gasteiger partial charge is 0.240 e. The van der Waals surface area contributed by atoms with Crippen LogP contribution in [0.15, 0.2) is 27.6 Å². The van der Waals surface area contributed by atoms with Gasteiger partial charge in [0.1, 0.15) is 0 Å². The molecule has 0 spiro atoms. The van der Waals surface area contributed by atoms with Gasteiger partial charge in [-0.3, -0.25) is 0 Å². The average Bonchev–Trinajstić information content (AvgIpc) is 3.02. The largest absolute Gasteiger partial charge is 0.339 e. The Labute approximate surface area is 167 Å². The molecule has 1 fully saturated rings. The molecule has 1 aromatic heterocycles. The van der Waals surface area contributed by atoms with Crippen LogP contribution in [0.25, 0.3) is 11.4 Å². The Morgan fingerprint density at radius 2 is 1.93 bits per heavy atom. The lowest BCUT2D eigenvalue weighted by Gasteiger charge is -2.19. The Hall–Kier alpha value is -1.77. The lowest BCUT2D eigenvalue weighted by Crippen LogP contribution is -2.31. The first-order valence-electron chi connectivity index (χ1n) is 10.2. The Balaban J connectivity index is 1.63. The summed E-state index contributed by atoms with van der Waals surface area (Å²) in [4.78, 5) is 6.99. The number of benzene rings is 1. The topological polar surface area (TPSA) is 88.3 Å². The van der Waals surface area contributed by atoms with Crippen molar-refractivity contribution in [2.24, 2.45) is 0 Å². The summed E-state index contributed by atoms with van der Waals surface area (Å²) in [6, 6.07) is 5.22. The van der Waals surface area contributed by atoms with E-state index in [2.05, 4.69) is 19.8 Å². The number of nitrogens with one attached hydrogen (secondary N) is 1. The maximum absolute atomic E-state index is 12.8. The number of nitrogens with zero attached hydrogens (tertiary/aromatic N) is 3. The van der Waals surface area contributed by atoms with Gasteiger partial charge in [0.15, 0.2) is 0 Å². The highest BCUT2D eigenvalue weighted by Crippen LogP contribution is 2.23. The first kappa shape index (κ1) is 21.0. The van der Waals surface area contributed by atoms with Gasteiger partial charge in [-0.2, -0.15) is 4.98 Å². The van der Waals surface area contributed by atoms with Crippen LogP contribution >= 0.6 is 0 Å². The first-order valence-corrected chi connectivity index (χ1v) is 11.6. The summed E-state index contributed by atoms with van der Waals surface area (Å²) in [6.07, 6.45) is 6.55.